The van der Waals surface area contributed by atoms with Gasteiger partial charge in [0, 0.05) is 35.6 Å². The van der Waals surface area contributed by atoms with Crippen LogP contribution in [0.3, 0.4) is 0 Å². The first-order valence-electron chi connectivity index (χ1n) is 6.96. The number of imidazole rings is 1. The number of carbonyl (C=O) groups excluding carboxylic acids is 1. The van der Waals surface area contributed by atoms with Gasteiger partial charge in [0.2, 0.25) is 0 Å². The van der Waals surface area contributed by atoms with Crippen LogP contribution in [-0.2, 0) is 0 Å². The molecule has 4 rings (SSSR count). The number of hydrogen-bond acceptors (Lipinski definition) is 5. The van der Waals surface area contributed by atoms with Crippen LogP contribution in [-0.4, -0.2) is 39.0 Å². The first-order chi connectivity index (χ1) is 10.8. The molecule has 1 aliphatic rings. The summed E-state index contributed by atoms with van der Waals surface area (Å²) in [6, 6.07) is 5.72. The quantitative estimate of drug-likeness (QED) is 0.772. The van der Waals surface area contributed by atoms with Crippen LogP contribution in [0.5, 0.6) is 0 Å². The molecule has 0 amide bonds. The number of ketones is 1. The van der Waals surface area contributed by atoms with Crippen LogP contribution < -0.4 is 5.73 Å². The molecule has 1 aliphatic heterocycles. The highest BCUT2D eigenvalue weighted by atomic mass is 16.1. The Labute approximate surface area is 126 Å². The molecule has 1 aromatic carbocycles. The molecule has 0 fully saturated rings. The van der Waals surface area contributed by atoms with Gasteiger partial charge in [-0.15, -0.1) is 0 Å². The number of nitrogens with zero attached hydrogens (tertiary/aromatic N) is 4. The number of rotatable bonds is 2. The first-order valence-corrected chi connectivity index (χ1v) is 6.96. The molecule has 22 heavy (non-hydrogen) atoms. The maximum atomic E-state index is 12.0. The van der Waals surface area contributed by atoms with E-state index in [-0.39, 0.29) is 12.3 Å². The molecule has 6 nitrogen and oxygen atoms in total. The van der Waals surface area contributed by atoms with Gasteiger partial charge < -0.3 is 5.73 Å². The maximum Gasteiger partial charge on any atom is 0.184 e. The molecule has 0 radical (unpaired) electrons. The van der Waals surface area contributed by atoms with Crippen molar-refractivity contribution >= 4 is 17.1 Å². The van der Waals surface area contributed by atoms with E-state index in [0.717, 1.165) is 28.2 Å². The average molecular weight is 291 g/mol. The van der Waals surface area contributed by atoms with Gasteiger partial charge in [-0.25, -0.2) is 4.98 Å². The highest BCUT2D eigenvalue weighted by Gasteiger charge is 2.20. The lowest BCUT2D eigenvalue weighted by Crippen LogP contribution is -2.25. The molecule has 3 aromatic rings. The van der Waals surface area contributed by atoms with Crippen molar-refractivity contribution in [1.82, 2.24) is 14.4 Å². The molecule has 0 aliphatic carbocycles. The fraction of sp³-hybridized carbons (Fsp3) is 0.125. The smallest absolute Gasteiger partial charge is 0.184 e. The largest absolute Gasteiger partial charge is 0.325 e. The molecule has 108 valence electrons. The number of nitrogens with two attached hydrogens (primary N) is 1. The van der Waals surface area contributed by atoms with Crippen molar-refractivity contribution in [3.63, 3.8) is 0 Å². The molecular weight excluding hydrogens is 278 g/mol. The van der Waals surface area contributed by atoms with Crippen LogP contribution in [0.2, 0.25) is 0 Å². The van der Waals surface area contributed by atoms with E-state index < -0.39 is 0 Å². The number of carbonyl (C=O) groups is 1. The number of benzene rings is 1. The summed E-state index contributed by atoms with van der Waals surface area (Å²) in [6.07, 6.45) is 7.10. The van der Waals surface area contributed by atoms with Gasteiger partial charge in [-0.2, -0.15) is 0 Å². The minimum atomic E-state index is 0.0257. The monoisotopic (exact) mass is 291 g/mol. The summed E-state index contributed by atoms with van der Waals surface area (Å²) >= 11 is 0. The van der Waals surface area contributed by atoms with Crippen LogP contribution in [0.1, 0.15) is 15.9 Å². The van der Waals surface area contributed by atoms with Crippen molar-refractivity contribution in [2.45, 2.75) is 0 Å². The molecule has 0 saturated heterocycles. The predicted molar refractivity (Wildman–Crippen MR) is 83.2 cm³/mol. The van der Waals surface area contributed by atoms with Crippen molar-refractivity contribution in [3.8, 4) is 11.3 Å². The second-order valence-corrected chi connectivity index (χ2v) is 5.10. The van der Waals surface area contributed by atoms with E-state index in [0.29, 0.717) is 12.1 Å². The van der Waals surface area contributed by atoms with Crippen LogP contribution in [0.15, 0.2) is 48.0 Å². The molecule has 0 saturated carbocycles. The summed E-state index contributed by atoms with van der Waals surface area (Å²) in [5.74, 6) is 0.0257. The Hall–Kier alpha value is -2.86. The van der Waals surface area contributed by atoms with Crippen LogP contribution in [0, 0.1) is 0 Å². The molecule has 0 spiro atoms. The van der Waals surface area contributed by atoms with Gasteiger partial charge in [-0.3, -0.25) is 19.2 Å². The van der Waals surface area contributed by atoms with Gasteiger partial charge in [0.25, 0.3) is 0 Å². The third-order valence-corrected chi connectivity index (χ3v) is 3.85. The molecule has 6 heteroatoms. The Balaban J connectivity index is 1.93. The zero-order valence-corrected chi connectivity index (χ0v) is 11.7. The van der Waals surface area contributed by atoms with Crippen molar-refractivity contribution in [1.29, 1.82) is 0 Å². The number of aliphatic imine (C=N–C) groups is 1. The van der Waals surface area contributed by atoms with Gasteiger partial charge in [-0.1, -0.05) is 6.07 Å². The van der Waals surface area contributed by atoms with E-state index in [1.807, 2.05) is 28.8 Å². The van der Waals surface area contributed by atoms with Gasteiger partial charge in [-0.05, 0) is 12.1 Å². The molecule has 0 bridgehead atoms. The summed E-state index contributed by atoms with van der Waals surface area (Å²) in [7, 11) is 0. The fourth-order valence-electron chi connectivity index (χ4n) is 2.76. The standard InChI is InChI=1S/C16H13N5O/c17-6-13-12-5-10(1-2-11(12)15(22)8-20-13)14-7-18-9-16-19-3-4-21(14)16/h1-5,7,9H,6,8,17H2. The Morgan fingerprint density at radius 2 is 2.14 bits per heavy atom. The minimum Gasteiger partial charge on any atom is -0.325 e. The Bertz CT molecular complexity index is 925. The second-order valence-electron chi connectivity index (χ2n) is 5.10. The highest BCUT2D eigenvalue weighted by molar-refractivity contribution is 6.16. The summed E-state index contributed by atoms with van der Waals surface area (Å²) in [5, 5.41) is 0. The number of aromatic nitrogens is 3. The average Bonchev–Trinajstić information content (AvgIpc) is 3.03. The lowest BCUT2D eigenvalue weighted by molar-refractivity contribution is 0.1000. The zero-order chi connectivity index (χ0) is 15.1. The number of fused-ring (bicyclic) bond motifs is 2. The first kappa shape index (κ1) is 12.8. The van der Waals surface area contributed by atoms with Crippen molar-refractivity contribution < 1.29 is 4.79 Å². The minimum absolute atomic E-state index is 0.0257. The Morgan fingerprint density at radius 3 is 3.00 bits per heavy atom. The summed E-state index contributed by atoms with van der Waals surface area (Å²) in [5.41, 5.74) is 10.7. The summed E-state index contributed by atoms with van der Waals surface area (Å²) in [4.78, 5) is 24.7. The maximum absolute atomic E-state index is 12.0. The molecular formula is C16H13N5O. The van der Waals surface area contributed by atoms with E-state index in [1.165, 1.54) is 0 Å². The molecule has 0 atom stereocenters. The van der Waals surface area contributed by atoms with Gasteiger partial charge in [0.05, 0.1) is 23.8 Å². The second kappa shape index (κ2) is 4.85. The summed E-state index contributed by atoms with van der Waals surface area (Å²) in [6.45, 7) is 0.495. The Kier molecular flexibility index (Phi) is 2.83. The zero-order valence-electron chi connectivity index (χ0n) is 11.7. The molecule has 2 aromatic heterocycles. The van der Waals surface area contributed by atoms with Gasteiger partial charge >= 0.3 is 0 Å². The van der Waals surface area contributed by atoms with Gasteiger partial charge in [0.15, 0.2) is 11.4 Å². The van der Waals surface area contributed by atoms with Crippen molar-refractivity contribution in [2.24, 2.45) is 10.7 Å². The van der Waals surface area contributed by atoms with Crippen molar-refractivity contribution in [3.05, 3.63) is 54.1 Å². The molecule has 2 N–H and O–H groups in total. The van der Waals surface area contributed by atoms with E-state index in [2.05, 4.69) is 15.0 Å². The van der Waals surface area contributed by atoms with Crippen LogP contribution in [0.4, 0.5) is 0 Å². The van der Waals surface area contributed by atoms with Crippen molar-refractivity contribution in [2.75, 3.05) is 13.1 Å². The predicted octanol–water partition coefficient (Wildman–Crippen LogP) is 1.34. The fourth-order valence-corrected chi connectivity index (χ4v) is 2.76. The van der Waals surface area contributed by atoms with Crippen LogP contribution >= 0.6 is 0 Å². The van der Waals surface area contributed by atoms with E-state index in [4.69, 9.17) is 5.73 Å². The normalized spacial score (nSPS) is 14.0. The van der Waals surface area contributed by atoms with E-state index in [1.54, 1.807) is 18.6 Å². The lowest BCUT2D eigenvalue weighted by atomic mass is 9.94. The highest BCUT2D eigenvalue weighted by Crippen LogP contribution is 2.25. The Morgan fingerprint density at radius 1 is 1.23 bits per heavy atom. The van der Waals surface area contributed by atoms with Crippen LogP contribution in [0.25, 0.3) is 16.9 Å². The SMILES string of the molecule is NCC1=NCC(=O)c2ccc(-c3cncc4nccn34)cc21. The lowest BCUT2D eigenvalue weighted by Gasteiger charge is -2.16. The van der Waals surface area contributed by atoms with Gasteiger partial charge in [0.1, 0.15) is 6.54 Å². The number of hydrogen-bond donors (Lipinski definition) is 1. The molecule has 3 heterocycles. The topological polar surface area (TPSA) is 85.6 Å². The third-order valence-electron chi connectivity index (χ3n) is 3.85. The molecule has 0 unspecified atom stereocenters. The third kappa shape index (κ3) is 1.85. The van der Waals surface area contributed by atoms with E-state index >= 15 is 0 Å². The number of Topliss-reactive ketones (excluding diaryl/α,β-unsaturated/α-hetero) is 1. The summed E-state index contributed by atoms with van der Waals surface area (Å²) < 4.78 is 1.96. The van der Waals surface area contributed by atoms with E-state index in [9.17, 15) is 4.79 Å².